The first-order chi connectivity index (χ1) is 35.1. The molecular formula is C50H53BF4N12O4S. The number of amides is 2. The SMILES string of the molecule is O=C(CCCCCNC(=O)COc1ccc(/C=C/C2=NC(=C\c3ccc(-c4cccs4)n3B(F)F)/C=C2)cc1)NCCN1CCN(c2nc(N3CCOCC3)nc(-n3c(C(F)F)nc4ccccc43)n2)CC1. The first kappa shape index (κ1) is 49.8. The van der Waals surface area contributed by atoms with Crippen LogP contribution in [0.25, 0.3) is 39.7 Å². The number of carbonyl (C=O) groups is 2. The third-order valence-corrected chi connectivity index (χ3v) is 13.2. The number of imidazole rings is 1. The second kappa shape index (κ2) is 23.8. The quantitative estimate of drug-likeness (QED) is 0.0422. The van der Waals surface area contributed by atoms with Crippen molar-refractivity contribution in [3.05, 3.63) is 119 Å². The summed E-state index contributed by atoms with van der Waals surface area (Å²) in [6.45, 7) is 6.26. The van der Waals surface area contributed by atoms with E-state index in [4.69, 9.17) is 19.4 Å². The summed E-state index contributed by atoms with van der Waals surface area (Å²) in [5.74, 6) is 0.754. The number of nitrogens with zero attached hydrogens (tertiary/aromatic N) is 10. The minimum absolute atomic E-state index is 0.0216. The summed E-state index contributed by atoms with van der Waals surface area (Å²) < 4.78 is 70.1. The van der Waals surface area contributed by atoms with Crippen molar-refractivity contribution in [1.82, 2.24) is 44.5 Å². The third kappa shape index (κ3) is 12.6. The van der Waals surface area contributed by atoms with E-state index in [0.717, 1.165) is 27.8 Å². The zero-order valence-electron chi connectivity index (χ0n) is 39.4. The molecule has 2 fully saturated rings. The Morgan fingerprint density at radius 1 is 0.778 bits per heavy atom. The summed E-state index contributed by atoms with van der Waals surface area (Å²) >= 11 is 1.41. The number of hydrogen-bond acceptors (Lipinski definition) is 13. The molecule has 2 aromatic carbocycles. The smallest absolute Gasteiger partial charge is 0.484 e. The molecule has 0 saturated carbocycles. The molecule has 4 aromatic heterocycles. The van der Waals surface area contributed by atoms with Gasteiger partial charge in [0, 0.05) is 75.9 Å². The van der Waals surface area contributed by atoms with Crippen molar-refractivity contribution in [2.24, 2.45) is 4.99 Å². The van der Waals surface area contributed by atoms with Crippen molar-refractivity contribution in [1.29, 1.82) is 0 Å². The Bertz CT molecular complexity index is 2930. The van der Waals surface area contributed by atoms with Crippen LogP contribution in [0.3, 0.4) is 0 Å². The van der Waals surface area contributed by atoms with Gasteiger partial charge in [0.2, 0.25) is 23.8 Å². The number of para-hydroxylation sites is 2. The first-order valence-corrected chi connectivity index (χ1v) is 24.8. The molecule has 0 spiro atoms. The molecule has 0 unspecified atom stereocenters. The van der Waals surface area contributed by atoms with Crippen LogP contribution in [0.5, 0.6) is 5.75 Å². The minimum Gasteiger partial charge on any atom is -0.484 e. The van der Waals surface area contributed by atoms with E-state index in [-0.39, 0.29) is 24.4 Å². The van der Waals surface area contributed by atoms with E-state index in [2.05, 4.69) is 30.5 Å². The number of alkyl halides is 2. The maximum absolute atomic E-state index is 14.3. The van der Waals surface area contributed by atoms with Gasteiger partial charge in [0.15, 0.2) is 12.4 Å². The number of nitrogens with one attached hydrogen (secondary N) is 2. The molecule has 2 saturated heterocycles. The molecule has 0 bridgehead atoms. The van der Waals surface area contributed by atoms with Gasteiger partial charge in [-0.15, -0.1) is 11.3 Å². The second-order valence-electron chi connectivity index (χ2n) is 17.2. The fraction of sp³-hybridized carbons (Fsp3) is 0.340. The number of aromatic nitrogens is 6. The monoisotopic (exact) mass is 1000 g/mol. The van der Waals surface area contributed by atoms with Gasteiger partial charge in [0.1, 0.15) is 5.75 Å². The molecule has 2 amide bonds. The van der Waals surface area contributed by atoms with Gasteiger partial charge in [-0.25, -0.2) is 18.8 Å². The van der Waals surface area contributed by atoms with E-state index in [1.807, 2.05) is 57.7 Å². The highest BCUT2D eigenvalue weighted by Crippen LogP contribution is 2.31. The zero-order chi connectivity index (χ0) is 49.8. The topological polar surface area (TPSA) is 160 Å². The van der Waals surface area contributed by atoms with Gasteiger partial charge in [-0.3, -0.25) is 27.7 Å². The molecule has 16 nitrogen and oxygen atoms in total. The van der Waals surface area contributed by atoms with Crippen molar-refractivity contribution in [3.63, 3.8) is 0 Å². The lowest BCUT2D eigenvalue weighted by Gasteiger charge is -2.35. The molecule has 374 valence electrons. The van der Waals surface area contributed by atoms with Gasteiger partial charge in [-0.2, -0.15) is 15.0 Å². The fourth-order valence-electron chi connectivity index (χ4n) is 8.52. The summed E-state index contributed by atoms with van der Waals surface area (Å²) in [5, 5.41) is 7.74. The van der Waals surface area contributed by atoms with Crippen LogP contribution in [0.15, 0.2) is 107 Å². The van der Waals surface area contributed by atoms with E-state index < -0.39 is 19.7 Å². The molecular weight excluding hydrogens is 952 g/mol. The van der Waals surface area contributed by atoms with Crippen molar-refractivity contribution >= 4 is 71.3 Å². The Kier molecular flexibility index (Phi) is 16.5. The van der Waals surface area contributed by atoms with E-state index in [1.54, 1.807) is 60.7 Å². The summed E-state index contributed by atoms with van der Waals surface area (Å²) in [4.78, 5) is 55.0. The number of aliphatic imine (C=N–C) groups is 1. The number of unbranched alkanes of at least 4 members (excludes halogenated alkanes) is 2. The minimum atomic E-state index is -2.84. The Balaban J connectivity index is 0.646. The molecule has 3 aliphatic rings. The molecule has 9 rings (SSSR count). The molecule has 2 N–H and O–H groups in total. The standard InChI is InChI=1S/C50H53BF4N12O4S/c52-46(53)47-59-40-7-3-4-8-41(40)66(47)50-61-48(60-49(62-50)65-28-30-70-31-29-65)64-26-24-63(25-27-64)23-22-57-44(68)10-2-1-5-21-56-45(69)34-71-39-18-12-35(13-19-39)11-14-36-15-16-37(58-36)33-38-17-20-42(67(38)51(54)55)43-9-6-32-72-43/h3-4,6-9,11-20,32-33,46H,1-2,5,10,21-31,34H2,(H,56,69)(H,57,68)/b14-11+,37-33-. The van der Waals surface area contributed by atoms with Gasteiger partial charge in [-0.1, -0.05) is 42.8 Å². The van der Waals surface area contributed by atoms with Gasteiger partial charge in [0.05, 0.1) is 41.3 Å². The van der Waals surface area contributed by atoms with Crippen molar-refractivity contribution < 1.29 is 36.5 Å². The molecule has 22 heteroatoms. The molecule has 72 heavy (non-hydrogen) atoms. The zero-order valence-corrected chi connectivity index (χ0v) is 40.2. The number of carbonyl (C=O) groups excluding carboxylic acids is 2. The highest BCUT2D eigenvalue weighted by Gasteiger charge is 2.28. The number of halogens is 4. The number of ether oxygens (including phenoxy) is 2. The van der Waals surface area contributed by atoms with Crippen LogP contribution in [-0.4, -0.2) is 138 Å². The van der Waals surface area contributed by atoms with E-state index in [1.165, 1.54) is 15.9 Å². The lowest BCUT2D eigenvalue weighted by atomic mass is 10.2. The highest BCUT2D eigenvalue weighted by atomic mass is 32.1. The Labute approximate surface area is 418 Å². The lowest BCUT2D eigenvalue weighted by Crippen LogP contribution is -2.49. The van der Waals surface area contributed by atoms with Crippen LogP contribution in [-0.2, 0) is 14.3 Å². The number of benzene rings is 2. The molecule has 0 radical (unpaired) electrons. The van der Waals surface area contributed by atoms with Crippen molar-refractivity contribution in [3.8, 4) is 22.3 Å². The Morgan fingerprint density at radius 3 is 2.28 bits per heavy atom. The van der Waals surface area contributed by atoms with Crippen LogP contribution < -0.4 is 25.2 Å². The number of morpholine rings is 1. The van der Waals surface area contributed by atoms with Gasteiger partial charge < -0.3 is 34.4 Å². The number of thiophene rings is 1. The first-order valence-electron chi connectivity index (χ1n) is 23.9. The maximum Gasteiger partial charge on any atom is 0.678 e. The number of fused-ring (bicyclic) bond motifs is 1. The number of anilines is 2. The van der Waals surface area contributed by atoms with Crippen molar-refractivity contribution in [2.75, 3.05) is 88.5 Å². The maximum atomic E-state index is 14.3. The normalized spacial score (nSPS) is 15.8. The van der Waals surface area contributed by atoms with E-state index in [0.29, 0.717) is 136 Å². The summed E-state index contributed by atoms with van der Waals surface area (Å²) in [7, 11) is -2.69. The molecule has 0 aliphatic carbocycles. The lowest BCUT2D eigenvalue weighted by molar-refractivity contribution is -0.123. The highest BCUT2D eigenvalue weighted by molar-refractivity contribution is 7.13. The van der Waals surface area contributed by atoms with Gasteiger partial charge in [-0.05, 0) is 90.6 Å². The van der Waals surface area contributed by atoms with E-state index >= 15 is 0 Å². The Hall–Kier alpha value is -7.17. The number of piperazine rings is 1. The van der Waals surface area contributed by atoms with E-state index in [9.17, 15) is 27.0 Å². The predicted molar refractivity (Wildman–Crippen MR) is 272 cm³/mol. The summed E-state index contributed by atoms with van der Waals surface area (Å²) in [6, 6.07) is 21.2. The van der Waals surface area contributed by atoms with Crippen LogP contribution in [0.2, 0.25) is 0 Å². The summed E-state index contributed by atoms with van der Waals surface area (Å²) in [6.07, 6.45) is 8.73. The fourth-order valence-corrected chi connectivity index (χ4v) is 9.27. The van der Waals surface area contributed by atoms with Crippen LogP contribution in [0, 0.1) is 0 Å². The molecule has 7 heterocycles. The molecule has 0 atom stereocenters. The molecule has 6 aromatic rings. The number of allylic oxidation sites excluding steroid dienone is 3. The predicted octanol–water partition coefficient (Wildman–Crippen LogP) is 7.35. The average Bonchev–Trinajstić information content (AvgIpc) is 4.24. The van der Waals surface area contributed by atoms with Crippen LogP contribution in [0.4, 0.5) is 29.3 Å². The second-order valence-corrected chi connectivity index (χ2v) is 18.1. The number of rotatable bonds is 21. The van der Waals surface area contributed by atoms with Gasteiger partial charge >= 0.3 is 7.40 Å². The van der Waals surface area contributed by atoms with Gasteiger partial charge in [0.25, 0.3) is 12.3 Å². The largest absolute Gasteiger partial charge is 0.678 e. The molecule has 3 aliphatic heterocycles. The Morgan fingerprint density at radius 2 is 1.53 bits per heavy atom. The number of hydrogen-bond donors (Lipinski definition) is 2. The van der Waals surface area contributed by atoms with Crippen LogP contribution in [0.1, 0.15) is 49.2 Å². The third-order valence-electron chi connectivity index (χ3n) is 12.3. The van der Waals surface area contributed by atoms with Crippen LogP contribution >= 0.6 is 11.3 Å². The van der Waals surface area contributed by atoms with Crippen molar-refractivity contribution in [2.45, 2.75) is 32.1 Å². The summed E-state index contributed by atoms with van der Waals surface area (Å²) in [5.41, 5.74) is 3.89. The average molecular weight is 1000 g/mol.